The fraction of sp³-hybridized carbons (Fsp3) is 0.368. The van der Waals surface area contributed by atoms with Crippen molar-refractivity contribution >= 4 is 17.0 Å². The average Bonchev–Trinajstić information content (AvgIpc) is 3.07. The van der Waals surface area contributed by atoms with Gasteiger partial charge in [0.2, 0.25) is 0 Å². The van der Waals surface area contributed by atoms with Crippen molar-refractivity contribution in [3.63, 3.8) is 0 Å². The minimum atomic E-state index is -2.65. The van der Waals surface area contributed by atoms with E-state index in [0.717, 1.165) is 25.9 Å². The molecule has 2 aromatic heterocycles. The van der Waals surface area contributed by atoms with Crippen LogP contribution in [0.4, 0.5) is 20.2 Å². The second-order valence-corrected chi connectivity index (χ2v) is 6.91. The average molecular weight is 385 g/mol. The monoisotopic (exact) mass is 385 g/mol. The van der Waals surface area contributed by atoms with Gasteiger partial charge in [0.1, 0.15) is 5.69 Å². The third-order valence-electron chi connectivity index (χ3n) is 4.77. The Hall–Kier alpha value is -2.94. The van der Waals surface area contributed by atoms with Crippen LogP contribution in [0, 0.1) is 6.92 Å². The second-order valence-electron chi connectivity index (χ2n) is 6.91. The van der Waals surface area contributed by atoms with Crippen LogP contribution in [0.25, 0.3) is 16.9 Å². The van der Waals surface area contributed by atoms with Gasteiger partial charge < -0.3 is 11.1 Å². The van der Waals surface area contributed by atoms with Gasteiger partial charge in [-0.3, -0.25) is 0 Å². The Morgan fingerprint density at radius 3 is 2.79 bits per heavy atom. The fourth-order valence-electron chi connectivity index (χ4n) is 3.27. The predicted octanol–water partition coefficient (Wildman–Crippen LogP) is 4.06. The van der Waals surface area contributed by atoms with Crippen molar-refractivity contribution in [2.45, 2.75) is 32.2 Å². The number of nitrogens with two attached hydrogens (primary N) is 1. The van der Waals surface area contributed by atoms with E-state index in [2.05, 4.69) is 25.6 Å². The highest BCUT2D eigenvalue weighted by Gasteiger charge is 2.18. The van der Waals surface area contributed by atoms with Gasteiger partial charge in [0.25, 0.3) is 6.43 Å². The largest absolute Gasteiger partial charge is 0.397 e. The van der Waals surface area contributed by atoms with Crippen LogP contribution in [0.15, 0.2) is 40.7 Å². The van der Waals surface area contributed by atoms with E-state index in [-0.39, 0.29) is 17.3 Å². The number of aromatic nitrogens is 3. The molecule has 3 N–H and O–H groups in total. The van der Waals surface area contributed by atoms with E-state index < -0.39 is 6.43 Å². The lowest BCUT2D eigenvalue weighted by atomic mass is 10.1. The Morgan fingerprint density at radius 1 is 1.25 bits per heavy atom. The third kappa shape index (κ3) is 3.70. The van der Waals surface area contributed by atoms with Crippen LogP contribution in [-0.4, -0.2) is 33.7 Å². The van der Waals surface area contributed by atoms with Crippen LogP contribution in [0.1, 0.15) is 30.5 Å². The molecule has 4 rings (SSSR count). The number of hydrogen-bond donors (Lipinski definition) is 2. The van der Waals surface area contributed by atoms with Gasteiger partial charge in [-0.1, -0.05) is 6.07 Å². The van der Waals surface area contributed by atoms with Crippen molar-refractivity contribution in [1.82, 2.24) is 19.9 Å². The van der Waals surface area contributed by atoms with Crippen molar-refractivity contribution in [3.8, 4) is 11.3 Å². The van der Waals surface area contributed by atoms with E-state index in [1.807, 2.05) is 0 Å². The fourth-order valence-corrected chi connectivity index (χ4v) is 3.27. The van der Waals surface area contributed by atoms with Crippen molar-refractivity contribution in [2.24, 2.45) is 10.2 Å². The van der Waals surface area contributed by atoms with E-state index in [4.69, 9.17) is 5.73 Å². The molecule has 0 atom stereocenters. The molecule has 1 aromatic carbocycles. The number of benzene rings is 1. The van der Waals surface area contributed by atoms with Crippen LogP contribution >= 0.6 is 0 Å². The quantitative estimate of drug-likeness (QED) is 0.523. The Bertz CT molecular complexity index is 1020. The van der Waals surface area contributed by atoms with Gasteiger partial charge in [-0.2, -0.15) is 15.3 Å². The number of imidazole rings is 1. The van der Waals surface area contributed by atoms with E-state index in [1.165, 1.54) is 10.6 Å². The number of anilines is 1. The van der Waals surface area contributed by atoms with Gasteiger partial charge in [0.15, 0.2) is 5.65 Å². The molecule has 3 heterocycles. The number of halogens is 2. The number of hydrogen-bond acceptors (Lipinski definition) is 6. The summed E-state index contributed by atoms with van der Waals surface area (Å²) in [5, 5.41) is 16.4. The number of aryl methyl sites for hydroxylation is 1. The first-order valence-electron chi connectivity index (χ1n) is 9.18. The van der Waals surface area contributed by atoms with Crippen LogP contribution < -0.4 is 11.1 Å². The molecular weight excluding hydrogens is 364 g/mol. The molecule has 9 heteroatoms. The van der Waals surface area contributed by atoms with Crippen molar-refractivity contribution < 1.29 is 8.78 Å². The highest BCUT2D eigenvalue weighted by molar-refractivity contribution is 5.73. The first-order chi connectivity index (χ1) is 13.5. The summed E-state index contributed by atoms with van der Waals surface area (Å²) in [5.41, 5.74) is 8.70. The van der Waals surface area contributed by atoms with Crippen molar-refractivity contribution in [1.29, 1.82) is 0 Å². The van der Waals surface area contributed by atoms with Gasteiger partial charge >= 0.3 is 0 Å². The topological polar surface area (TPSA) is 93.0 Å². The summed E-state index contributed by atoms with van der Waals surface area (Å²) >= 11 is 0. The lowest BCUT2D eigenvalue weighted by Crippen LogP contribution is -2.29. The maximum absolute atomic E-state index is 13.5. The van der Waals surface area contributed by atoms with Gasteiger partial charge in [0.05, 0.1) is 34.9 Å². The van der Waals surface area contributed by atoms with E-state index in [9.17, 15) is 8.78 Å². The first-order valence-corrected chi connectivity index (χ1v) is 9.18. The number of nitrogens with zero attached hydrogens (tertiary/aromatic N) is 5. The SMILES string of the molecule is Cc1cn2nc(-c3ccc(N)c(N=NC4CCNCC4)c3)cc(C(F)F)c2n1. The Kier molecular flexibility index (Phi) is 4.99. The van der Waals surface area contributed by atoms with E-state index in [0.29, 0.717) is 28.3 Å². The molecule has 3 aromatic rings. The molecule has 1 aliphatic heterocycles. The smallest absolute Gasteiger partial charge is 0.267 e. The molecule has 0 radical (unpaired) electrons. The van der Waals surface area contributed by atoms with Gasteiger partial charge in [-0.25, -0.2) is 18.3 Å². The molecule has 0 unspecified atom stereocenters. The molecule has 0 saturated carbocycles. The normalized spacial score (nSPS) is 15.9. The summed E-state index contributed by atoms with van der Waals surface area (Å²) in [6.45, 7) is 3.58. The van der Waals surface area contributed by atoms with Crippen molar-refractivity contribution in [3.05, 3.63) is 41.7 Å². The van der Waals surface area contributed by atoms with Crippen LogP contribution in [-0.2, 0) is 0 Å². The highest BCUT2D eigenvalue weighted by atomic mass is 19.3. The standard InChI is InChI=1S/C19H21F2N7/c1-11-10-28-19(24-11)14(18(20)21)9-16(27-28)12-2-3-15(22)17(8-12)26-25-13-4-6-23-7-5-13/h2-3,8-10,13,18,23H,4-7,22H2,1H3. The number of nitrogens with one attached hydrogen (secondary N) is 1. The number of rotatable bonds is 4. The molecule has 28 heavy (non-hydrogen) atoms. The zero-order valence-corrected chi connectivity index (χ0v) is 15.4. The molecule has 1 saturated heterocycles. The van der Waals surface area contributed by atoms with E-state index >= 15 is 0 Å². The minimum absolute atomic E-state index is 0.159. The van der Waals surface area contributed by atoms with E-state index in [1.54, 1.807) is 31.3 Å². The Morgan fingerprint density at radius 2 is 2.04 bits per heavy atom. The first kappa shape index (κ1) is 18.4. The minimum Gasteiger partial charge on any atom is -0.397 e. The second kappa shape index (κ2) is 7.59. The van der Waals surface area contributed by atoms with Crippen LogP contribution in [0.2, 0.25) is 0 Å². The zero-order chi connectivity index (χ0) is 19.7. The maximum Gasteiger partial charge on any atom is 0.267 e. The summed E-state index contributed by atoms with van der Waals surface area (Å²) in [6.07, 6.45) is 0.830. The molecular formula is C19H21F2N7. The van der Waals surface area contributed by atoms with Gasteiger partial charge in [-0.05, 0) is 51.1 Å². The zero-order valence-electron chi connectivity index (χ0n) is 15.4. The number of fused-ring (bicyclic) bond motifs is 1. The number of azo groups is 1. The molecule has 146 valence electrons. The Balaban J connectivity index is 1.72. The van der Waals surface area contributed by atoms with Gasteiger partial charge in [-0.15, -0.1) is 0 Å². The van der Waals surface area contributed by atoms with Gasteiger partial charge in [0, 0.05) is 5.56 Å². The van der Waals surface area contributed by atoms with Crippen LogP contribution in [0.3, 0.4) is 0 Å². The Labute approximate surface area is 160 Å². The molecule has 0 aliphatic carbocycles. The van der Waals surface area contributed by atoms with Crippen molar-refractivity contribution in [2.75, 3.05) is 18.8 Å². The molecule has 0 spiro atoms. The lowest BCUT2D eigenvalue weighted by molar-refractivity contribution is 0.152. The van der Waals surface area contributed by atoms with Crippen LogP contribution in [0.5, 0.6) is 0 Å². The number of alkyl halides is 2. The molecule has 0 bridgehead atoms. The molecule has 1 fully saturated rings. The summed E-state index contributed by atoms with van der Waals surface area (Å²) in [7, 11) is 0. The molecule has 7 nitrogen and oxygen atoms in total. The predicted molar refractivity (Wildman–Crippen MR) is 103 cm³/mol. The lowest BCUT2D eigenvalue weighted by Gasteiger charge is -2.17. The molecule has 1 aliphatic rings. The summed E-state index contributed by atoms with van der Waals surface area (Å²) in [5.74, 6) is 0. The highest BCUT2D eigenvalue weighted by Crippen LogP contribution is 2.32. The molecule has 0 amide bonds. The third-order valence-corrected chi connectivity index (χ3v) is 4.77. The summed E-state index contributed by atoms with van der Waals surface area (Å²) in [4.78, 5) is 4.14. The number of nitrogen functional groups attached to an aromatic ring is 1. The summed E-state index contributed by atoms with van der Waals surface area (Å²) < 4.78 is 28.5. The maximum atomic E-state index is 13.5. The summed E-state index contributed by atoms with van der Waals surface area (Å²) in [6, 6.07) is 6.70. The number of piperidine rings is 1.